The lowest BCUT2D eigenvalue weighted by Crippen LogP contribution is -2.26. The summed E-state index contributed by atoms with van der Waals surface area (Å²) < 4.78 is 40.5. The van der Waals surface area contributed by atoms with E-state index in [9.17, 15) is 22.8 Å². The van der Waals surface area contributed by atoms with E-state index >= 15 is 0 Å². The zero-order valence-corrected chi connectivity index (χ0v) is 18.2. The number of nitrogens with one attached hydrogen (secondary N) is 2. The van der Waals surface area contributed by atoms with Gasteiger partial charge in [0.1, 0.15) is 10.7 Å². The molecule has 0 bridgehead atoms. The fraction of sp³-hybridized carbons (Fsp3) is 0.227. The first-order valence-corrected chi connectivity index (χ1v) is 11.6. The maximum atomic E-state index is 13.3. The number of carbonyl (C=O) groups excluding carboxylic acids is 2. The van der Waals surface area contributed by atoms with Gasteiger partial charge in [0, 0.05) is 11.6 Å². The van der Waals surface area contributed by atoms with Crippen molar-refractivity contribution >= 4 is 39.9 Å². The van der Waals surface area contributed by atoms with E-state index < -0.39 is 23.2 Å². The van der Waals surface area contributed by atoms with E-state index in [-0.39, 0.29) is 17.7 Å². The van der Waals surface area contributed by atoms with Crippen LogP contribution in [-0.4, -0.2) is 28.6 Å². The van der Waals surface area contributed by atoms with Crippen molar-refractivity contribution in [1.29, 1.82) is 0 Å². The number of halogens is 3. The number of thiazole rings is 1. The number of carbonyl (C=O) groups is 2. The molecular weight excluding hydrogens is 459 g/mol. The van der Waals surface area contributed by atoms with Gasteiger partial charge in [0.25, 0.3) is 5.91 Å². The molecule has 0 atom stereocenters. The molecule has 0 radical (unpaired) electrons. The number of anilines is 1. The van der Waals surface area contributed by atoms with Crippen molar-refractivity contribution in [3.63, 3.8) is 0 Å². The molecule has 1 heterocycles. The largest absolute Gasteiger partial charge is 0.417 e. The first-order valence-electron chi connectivity index (χ1n) is 9.77. The molecule has 166 valence electrons. The van der Waals surface area contributed by atoms with Gasteiger partial charge in [-0.05, 0) is 25.0 Å². The van der Waals surface area contributed by atoms with Crippen LogP contribution < -0.4 is 10.6 Å². The monoisotopic (exact) mass is 477 g/mol. The van der Waals surface area contributed by atoms with Gasteiger partial charge in [0.15, 0.2) is 4.34 Å². The summed E-state index contributed by atoms with van der Waals surface area (Å²) in [5.74, 6) is -0.803. The van der Waals surface area contributed by atoms with Crippen molar-refractivity contribution in [3.8, 4) is 11.3 Å². The Kier molecular flexibility index (Phi) is 6.52. The third-order valence-electron chi connectivity index (χ3n) is 4.63. The Hall–Kier alpha value is -2.85. The Balaban J connectivity index is 1.58. The van der Waals surface area contributed by atoms with Crippen LogP contribution in [0.5, 0.6) is 0 Å². The van der Waals surface area contributed by atoms with Crippen molar-refractivity contribution in [1.82, 2.24) is 10.3 Å². The Morgan fingerprint density at radius 3 is 2.44 bits per heavy atom. The molecule has 0 aliphatic heterocycles. The molecule has 32 heavy (non-hydrogen) atoms. The number of hydrogen-bond donors (Lipinski definition) is 2. The summed E-state index contributed by atoms with van der Waals surface area (Å²) in [6, 6.07) is 13.9. The van der Waals surface area contributed by atoms with Crippen LogP contribution >= 0.6 is 23.1 Å². The van der Waals surface area contributed by atoms with E-state index in [0.29, 0.717) is 20.6 Å². The molecule has 2 aromatic carbocycles. The summed E-state index contributed by atoms with van der Waals surface area (Å²) in [5.41, 5.74) is -0.323. The summed E-state index contributed by atoms with van der Waals surface area (Å²) >= 11 is 2.35. The molecule has 5 nitrogen and oxygen atoms in total. The highest BCUT2D eigenvalue weighted by Gasteiger charge is 2.35. The second-order valence-electron chi connectivity index (χ2n) is 7.15. The van der Waals surface area contributed by atoms with E-state index in [1.54, 1.807) is 24.3 Å². The predicted molar refractivity (Wildman–Crippen MR) is 119 cm³/mol. The summed E-state index contributed by atoms with van der Waals surface area (Å²) in [6.07, 6.45) is -2.68. The SMILES string of the molecule is O=C(CSc1nc(-c2ccccc2)c(NC(=O)c2ccccc2C(F)(F)F)s1)NC1CC1. The van der Waals surface area contributed by atoms with Gasteiger partial charge in [-0.2, -0.15) is 13.2 Å². The molecule has 1 aromatic heterocycles. The first-order chi connectivity index (χ1) is 15.3. The molecule has 4 rings (SSSR count). The molecule has 2 N–H and O–H groups in total. The highest BCUT2D eigenvalue weighted by atomic mass is 32.2. The minimum atomic E-state index is -4.65. The normalized spacial score (nSPS) is 13.6. The van der Waals surface area contributed by atoms with Crippen LogP contribution in [0.1, 0.15) is 28.8 Å². The fourth-order valence-corrected chi connectivity index (χ4v) is 4.83. The maximum absolute atomic E-state index is 13.3. The Bertz CT molecular complexity index is 1130. The zero-order valence-electron chi connectivity index (χ0n) is 16.6. The highest BCUT2D eigenvalue weighted by Crippen LogP contribution is 2.39. The molecule has 1 aliphatic rings. The van der Waals surface area contributed by atoms with Crippen LogP contribution in [0, 0.1) is 0 Å². The van der Waals surface area contributed by atoms with Gasteiger partial charge in [0.2, 0.25) is 5.91 Å². The van der Waals surface area contributed by atoms with Crippen molar-refractivity contribution in [2.24, 2.45) is 0 Å². The Labute approximate surface area is 190 Å². The number of alkyl halides is 3. The lowest BCUT2D eigenvalue weighted by Gasteiger charge is -2.12. The second kappa shape index (κ2) is 9.33. The third kappa shape index (κ3) is 5.49. The number of nitrogens with zero attached hydrogens (tertiary/aromatic N) is 1. The zero-order chi connectivity index (χ0) is 22.7. The summed E-state index contributed by atoms with van der Waals surface area (Å²) in [7, 11) is 0. The Morgan fingerprint density at radius 2 is 1.75 bits per heavy atom. The lowest BCUT2D eigenvalue weighted by atomic mass is 10.1. The van der Waals surface area contributed by atoms with Crippen molar-refractivity contribution in [2.45, 2.75) is 29.4 Å². The van der Waals surface area contributed by atoms with Crippen LogP contribution in [-0.2, 0) is 11.0 Å². The highest BCUT2D eigenvalue weighted by molar-refractivity contribution is 8.01. The standard InChI is InChI=1S/C22H18F3N3O2S2/c23-22(24,25)16-9-5-4-8-15(16)19(30)28-20-18(13-6-2-1-3-7-13)27-21(32-20)31-12-17(29)26-14-10-11-14/h1-9,14H,10-12H2,(H,26,29)(H,28,30). The van der Waals surface area contributed by atoms with Crippen LogP contribution in [0.3, 0.4) is 0 Å². The van der Waals surface area contributed by atoms with Crippen molar-refractivity contribution in [2.75, 3.05) is 11.1 Å². The Morgan fingerprint density at radius 1 is 1.06 bits per heavy atom. The minimum Gasteiger partial charge on any atom is -0.353 e. The molecule has 0 saturated heterocycles. The smallest absolute Gasteiger partial charge is 0.353 e. The van der Waals surface area contributed by atoms with E-state index in [1.165, 1.54) is 23.9 Å². The van der Waals surface area contributed by atoms with Crippen LogP contribution in [0.25, 0.3) is 11.3 Å². The summed E-state index contributed by atoms with van der Waals surface area (Å²) in [5, 5.41) is 5.81. The van der Waals surface area contributed by atoms with Gasteiger partial charge in [-0.25, -0.2) is 4.98 Å². The van der Waals surface area contributed by atoms with E-state index in [1.807, 2.05) is 6.07 Å². The van der Waals surface area contributed by atoms with Crippen LogP contribution in [0.2, 0.25) is 0 Å². The maximum Gasteiger partial charge on any atom is 0.417 e. The molecule has 1 saturated carbocycles. The molecule has 3 aromatic rings. The van der Waals surface area contributed by atoms with Gasteiger partial charge in [-0.3, -0.25) is 9.59 Å². The quantitative estimate of drug-likeness (QED) is 0.444. The molecule has 0 unspecified atom stereocenters. The molecule has 2 amide bonds. The number of aromatic nitrogens is 1. The van der Waals surface area contributed by atoms with Gasteiger partial charge in [-0.15, -0.1) is 0 Å². The van der Waals surface area contributed by atoms with Gasteiger partial charge in [0.05, 0.1) is 16.9 Å². The predicted octanol–water partition coefficient (Wildman–Crippen LogP) is 5.45. The van der Waals surface area contributed by atoms with Crippen LogP contribution in [0.4, 0.5) is 18.2 Å². The van der Waals surface area contributed by atoms with E-state index in [4.69, 9.17) is 0 Å². The third-order valence-corrected chi connectivity index (χ3v) is 6.74. The number of amides is 2. The topological polar surface area (TPSA) is 71.1 Å². The number of benzene rings is 2. The summed E-state index contributed by atoms with van der Waals surface area (Å²) in [6.45, 7) is 0. The lowest BCUT2D eigenvalue weighted by molar-refractivity contribution is -0.137. The molecule has 1 aliphatic carbocycles. The average Bonchev–Trinajstić information content (AvgIpc) is 3.49. The van der Waals surface area contributed by atoms with Crippen molar-refractivity contribution < 1.29 is 22.8 Å². The van der Waals surface area contributed by atoms with Crippen LogP contribution in [0.15, 0.2) is 58.9 Å². The summed E-state index contributed by atoms with van der Waals surface area (Å²) in [4.78, 5) is 29.3. The molecule has 10 heteroatoms. The van der Waals surface area contributed by atoms with Gasteiger partial charge >= 0.3 is 6.18 Å². The molecule has 0 spiro atoms. The van der Waals surface area contributed by atoms with E-state index in [2.05, 4.69) is 15.6 Å². The molecular formula is C22H18F3N3O2S2. The first kappa shape index (κ1) is 22.3. The minimum absolute atomic E-state index is 0.0985. The number of hydrogen-bond acceptors (Lipinski definition) is 5. The number of thioether (sulfide) groups is 1. The van der Waals surface area contributed by atoms with Gasteiger partial charge < -0.3 is 10.6 Å². The number of rotatable bonds is 7. The molecule has 1 fully saturated rings. The second-order valence-corrected chi connectivity index (χ2v) is 9.37. The van der Waals surface area contributed by atoms with Crippen molar-refractivity contribution in [3.05, 3.63) is 65.7 Å². The van der Waals surface area contributed by atoms with E-state index in [0.717, 1.165) is 36.3 Å². The van der Waals surface area contributed by atoms with Gasteiger partial charge in [-0.1, -0.05) is 65.6 Å². The average molecular weight is 478 g/mol. The fourth-order valence-electron chi connectivity index (χ4n) is 2.96.